The first-order valence-corrected chi connectivity index (χ1v) is 11.4. The zero-order valence-electron chi connectivity index (χ0n) is 19.8. The molecule has 0 spiro atoms. The van der Waals surface area contributed by atoms with Gasteiger partial charge >= 0.3 is 0 Å². The number of hydrogen-bond acceptors (Lipinski definition) is 3. The third-order valence-corrected chi connectivity index (χ3v) is 5.26. The van der Waals surface area contributed by atoms with Crippen LogP contribution in [0.3, 0.4) is 0 Å². The summed E-state index contributed by atoms with van der Waals surface area (Å²) in [5.41, 5.74) is 1.97. The van der Waals surface area contributed by atoms with Crippen LogP contribution >= 0.6 is 11.6 Å². The van der Waals surface area contributed by atoms with E-state index in [4.69, 9.17) is 16.7 Å². The molecule has 0 fully saturated rings. The molecule has 0 aliphatic carbocycles. The minimum Gasteiger partial charge on any atom is -0.329 e. The van der Waals surface area contributed by atoms with Crippen LogP contribution in [0.1, 0.15) is 50.7 Å². The Hall–Kier alpha value is -3.12. The molecule has 0 unspecified atom stereocenters. The Morgan fingerprint density at radius 2 is 1.76 bits per heavy atom. The van der Waals surface area contributed by atoms with Gasteiger partial charge in [0.25, 0.3) is 5.91 Å². The van der Waals surface area contributed by atoms with E-state index in [1.165, 1.54) is 0 Å². The Morgan fingerprint density at radius 1 is 1.06 bits per heavy atom. The minimum atomic E-state index is -0.288. The second-order valence-electron chi connectivity index (χ2n) is 9.55. The summed E-state index contributed by atoms with van der Waals surface area (Å²) in [6.07, 6.45) is 0. The van der Waals surface area contributed by atoms with Gasteiger partial charge in [-0.05, 0) is 36.2 Å². The van der Waals surface area contributed by atoms with Crippen molar-refractivity contribution in [3.8, 4) is 5.69 Å². The molecule has 3 rings (SSSR count). The van der Waals surface area contributed by atoms with Gasteiger partial charge in [0.05, 0.1) is 11.4 Å². The van der Waals surface area contributed by atoms with E-state index < -0.39 is 0 Å². The Kier molecular flexibility index (Phi) is 7.59. The molecular formula is C26H31ClN4O2. The number of carbonyl (C=O) groups excluding carboxylic acids is 2. The maximum atomic E-state index is 13.1. The van der Waals surface area contributed by atoms with E-state index >= 15 is 0 Å². The van der Waals surface area contributed by atoms with Gasteiger partial charge in [0, 0.05) is 28.6 Å². The third kappa shape index (κ3) is 6.45. The van der Waals surface area contributed by atoms with E-state index in [0.29, 0.717) is 22.9 Å². The van der Waals surface area contributed by atoms with Crippen molar-refractivity contribution >= 4 is 29.2 Å². The number of nitrogens with zero attached hydrogens (tertiary/aromatic N) is 3. The number of carbonyl (C=O) groups is 2. The van der Waals surface area contributed by atoms with Gasteiger partial charge in [-0.25, -0.2) is 4.68 Å². The SMILES string of the molecule is CC(C)CN(CC(=O)Nc1cc(C(C)(C)C)nn1-c1ccccc1)C(=O)c1cccc(Cl)c1. The summed E-state index contributed by atoms with van der Waals surface area (Å²) in [5, 5.41) is 8.18. The average molecular weight is 467 g/mol. The molecule has 1 aromatic heterocycles. The smallest absolute Gasteiger partial charge is 0.254 e. The maximum Gasteiger partial charge on any atom is 0.254 e. The molecule has 0 saturated heterocycles. The van der Waals surface area contributed by atoms with Crippen molar-refractivity contribution in [3.63, 3.8) is 0 Å². The third-order valence-electron chi connectivity index (χ3n) is 5.02. The monoisotopic (exact) mass is 466 g/mol. The molecule has 7 heteroatoms. The fourth-order valence-electron chi connectivity index (χ4n) is 3.42. The van der Waals surface area contributed by atoms with Gasteiger partial charge in [-0.15, -0.1) is 0 Å². The van der Waals surface area contributed by atoms with Crippen LogP contribution in [0.5, 0.6) is 0 Å². The predicted molar refractivity (Wildman–Crippen MR) is 133 cm³/mol. The molecule has 33 heavy (non-hydrogen) atoms. The van der Waals surface area contributed by atoms with E-state index in [1.54, 1.807) is 33.8 Å². The van der Waals surface area contributed by atoms with Crippen LogP contribution in [0, 0.1) is 5.92 Å². The van der Waals surface area contributed by atoms with Crippen LogP contribution in [0.2, 0.25) is 5.02 Å². The van der Waals surface area contributed by atoms with E-state index in [-0.39, 0.29) is 29.7 Å². The highest BCUT2D eigenvalue weighted by atomic mass is 35.5. The summed E-state index contributed by atoms with van der Waals surface area (Å²) in [7, 11) is 0. The molecule has 2 amide bonds. The van der Waals surface area contributed by atoms with Gasteiger partial charge < -0.3 is 10.2 Å². The number of aromatic nitrogens is 2. The van der Waals surface area contributed by atoms with Crippen molar-refractivity contribution in [2.24, 2.45) is 5.92 Å². The van der Waals surface area contributed by atoms with Crippen molar-refractivity contribution in [1.82, 2.24) is 14.7 Å². The first-order valence-electron chi connectivity index (χ1n) is 11.1. The van der Waals surface area contributed by atoms with Gasteiger partial charge in [0.1, 0.15) is 12.4 Å². The normalized spacial score (nSPS) is 11.5. The van der Waals surface area contributed by atoms with Crippen molar-refractivity contribution in [2.75, 3.05) is 18.4 Å². The molecule has 2 aromatic carbocycles. The highest BCUT2D eigenvalue weighted by Gasteiger charge is 2.24. The number of para-hydroxylation sites is 1. The molecule has 174 valence electrons. The minimum absolute atomic E-state index is 0.0751. The first kappa shape index (κ1) is 24.5. The zero-order chi connectivity index (χ0) is 24.2. The van der Waals surface area contributed by atoms with E-state index in [1.807, 2.05) is 50.2 Å². The van der Waals surface area contributed by atoms with Crippen LogP contribution in [0.25, 0.3) is 5.69 Å². The molecule has 1 heterocycles. The van der Waals surface area contributed by atoms with Gasteiger partial charge in [-0.2, -0.15) is 5.10 Å². The molecule has 6 nitrogen and oxygen atoms in total. The second-order valence-corrected chi connectivity index (χ2v) is 9.99. The number of amides is 2. The van der Waals surface area contributed by atoms with Crippen LogP contribution in [-0.2, 0) is 10.2 Å². The van der Waals surface area contributed by atoms with Crippen molar-refractivity contribution in [3.05, 3.63) is 76.9 Å². The molecule has 1 N–H and O–H groups in total. The van der Waals surface area contributed by atoms with Crippen molar-refractivity contribution < 1.29 is 9.59 Å². The van der Waals surface area contributed by atoms with E-state index in [0.717, 1.165) is 11.4 Å². The number of rotatable bonds is 7. The molecule has 0 aliphatic heterocycles. The number of nitrogens with one attached hydrogen (secondary N) is 1. The lowest BCUT2D eigenvalue weighted by Gasteiger charge is -2.24. The standard InChI is InChI=1S/C26H31ClN4O2/c1-18(2)16-30(25(33)19-10-9-11-20(27)14-19)17-24(32)28-23-15-22(26(3,4)5)29-31(23)21-12-7-6-8-13-21/h6-15,18H,16-17H2,1-5H3,(H,28,32). The topological polar surface area (TPSA) is 67.2 Å². The van der Waals surface area contributed by atoms with Crippen LogP contribution < -0.4 is 5.32 Å². The summed E-state index contributed by atoms with van der Waals surface area (Å²) in [5.74, 6) is 0.246. The summed E-state index contributed by atoms with van der Waals surface area (Å²) < 4.78 is 1.73. The first-order chi connectivity index (χ1) is 15.5. The van der Waals surface area contributed by atoms with Gasteiger partial charge in [0.15, 0.2) is 0 Å². The van der Waals surface area contributed by atoms with Crippen LogP contribution in [-0.4, -0.2) is 39.6 Å². The molecule has 0 atom stereocenters. The van der Waals surface area contributed by atoms with Crippen LogP contribution in [0.4, 0.5) is 5.82 Å². The molecule has 3 aromatic rings. The lowest BCUT2D eigenvalue weighted by atomic mass is 9.92. The fraction of sp³-hybridized carbons (Fsp3) is 0.346. The molecule has 0 bridgehead atoms. The Balaban J connectivity index is 1.85. The summed E-state index contributed by atoms with van der Waals surface area (Å²) in [4.78, 5) is 27.7. The lowest BCUT2D eigenvalue weighted by Crippen LogP contribution is -2.40. The molecule has 0 saturated carbocycles. The Bertz CT molecular complexity index is 1120. The van der Waals surface area contributed by atoms with Gasteiger partial charge in [-0.1, -0.05) is 70.5 Å². The highest BCUT2D eigenvalue weighted by molar-refractivity contribution is 6.31. The molecular weight excluding hydrogens is 436 g/mol. The largest absolute Gasteiger partial charge is 0.329 e. The zero-order valence-corrected chi connectivity index (χ0v) is 20.6. The van der Waals surface area contributed by atoms with E-state index in [9.17, 15) is 9.59 Å². The fourth-order valence-corrected chi connectivity index (χ4v) is 3.61. The van der Waals surface area contributed by atoms with Crippen molar-refractivity contribution in [1.29, 1.82) is 0 Å². The lowest BCUT2D eigenvalue weighted by molar-refractivity contribution is -0.117. The van der Waals surface area contributed by atoms with Crippen molar-refractivity contribution in [2.45, 2.75) is 40.0 Å². The molecule has 0 radical (unpaired) electrons. The van der Waals surface area contributed by atoms with E-state index in [2.05, 4.69) is 26.1 Å². The number of halogens is 1. The average Bonchev–Trinajstić information content (AvgIpc) is 3.17. The quantitative estimate of drug-likeness (QED) is 0.495. The summed E-state index contributed by atoms with van der Waals surface area (Å²) >= 11 is 6.07. The van der Waals surface area contributed by atoms with Gasteiger partial charge in [0.2, 0.25) is 5.91 Å². The van der Waals surface area contributed by atoms with Gasteiger partial charge in [-0.3, -0.25) is 9.59 Å². The second kappa shape index (κ2) is 10.2. The summed E-state index contributed by atoms with van der Waals surface area (Å²) in [6, 6.07) is 18.3. The predicted octanol–water partition coefficient (Wildman–Crippen LogP) is 5.56. The Morgan fingerprint density at radius 3 is 2.36 bits per heavy atom. The Labute approximate surface area is 200 Å². The number of hydrogen-bond donors (Lipinski definition) is 1. The van der Waals surface area contributed by atoms with Crippen LogP contribution in [0.15, 0.2) is 60.7 Å². The number of anilines is 1. The summed E-state index contributed by atoms with van der Waals surface area (Å²) in [6.45, 7) is 10.6. The molecule has 0 aliphatic rings. The maximum absolute atomic E-state index is 13.1. The highest BCUT2D eigenvalue weighted by Crippen LogP contribution is 2.26. The number of benzene rings is 2.